The lowest BCUT2D eigenvalue weighted by Gasteiger charge is -2.18. The van der Waals surface area contributed by atoms with Gasteiger partial charge in [-0.15, -0.1) is 0 Å². The van der Waals surface area contributed by atoms with Gasteiger partial charge in [0.1, 0.15) is 0 Å². The summed E-state index contributed by atoms with van der Waals surface area (Å²) in [6.07, 6.45) is 3.85. The Morgan fingerprint density at radius 2 is 2.25 bits per heavy atom. The second-order valence-corrected chi connectivity index (χ2v) is 4.30. The van der Waals surface area contributed by atoms with Crippen LogP contribution in [0.2, 0.25) is 0 Å². The highest BCUT2D eigenvalue weighted by molar-refractivity contribution is 6.09. The first-order chi connectivity index (χ1) is 7.68. The number of rotatable bonds is 2. The predicted octanol–water partition coefficient (Wildman–Crippen LogP) is 2.65. The molecule has 0 fully saturated rings. The summed E-state index contributed by atoms with van der Waals surface area (Å²) < 4.78 is 0. The van der Waals surface area contributed by atoms with Crippen LogP contribution in [0.25, 0.3) is 0 Å². The molecular weight excluding hydrogens is 200 g/mol. The normalized spacial score (nSPS) is 20.4. The Balaban J connectivity index is 2.28. The molecule has 2 rings (SSSR count). The average molecular weight is 216 g/mol. The van der Waals surface area contributed by atoms with Crippen molar-refractivity contribution in [2.24, 2.45) is 0 Å². The van der Waals surface area contributed by atoms with E-state index in [0.717, 1.165) is 18.4 Å². The molecule has 1 aromatic carbocycles. The van der Waals surface area contributed by atoms with Gasteiger partial charge in [-0.25, -0.2) is 0 Å². The third kappa shape index (κ3) is 2.22. The van der Waals surface area contributed by atoms with Crippen LogP contribution >= 0.6 is 0 Å². The van der Waals surface area contributed by atoms with E-state index in [1.165, 1.54) is 0 Å². The maximum absolute atomic E-state index is 12.1. The number of ketones is 1. The van der Waals surface area contributed by atoms with E-state index < -0.39 is 6.10 Å². The molecule has 1 atom stereocenters. The molecule has 0 spiro atoms. The van der Waals surface area contributed by atoms with Gasteiger partial charge in [0.15, 0.2) is 5.78 Å². The zero-order valence-corrected chi connectivity index (χ0v) is 9.44. The molecule has 0 aliphatic heterocycles. The smallest absolute Gasteiger partial charge is 0.191 e. The van der Waals surface area contributed by atoms with E-state index in [9.17, 15) is 9.90 Å². The monoisotopic (exact) mass is 216 g/mol. The molecule has 16 heavy (non-hydrogen) atoms. The Hall–Kier alpha value is -1.41. The number of aliphatic hydroxyl groups is 1. The van der Waals surface area contributed by atoms with Crippen LogP contribution < -0.4 is 0 Å². The molecule has 1 N–H and O–H groups in total. The van der Waals surface area contributed by atoms with Gasteiger partial charge in [-0.2, -0.15) is 0 Å². The summed E-state index contributed by atoms with van der Waals surface area (Å²) in [5, 5.41) is 9.78. The number of allylic oxidation sites excluding steroid dienone is 1. The maximum Gasteiger partial charge on any atom is 0.191 e. The lowest BCUT2D eigenvalue weighted by molar-refractivity contribution is 0.0975. The van der Waals surface area contributed by atoms with Crippen molar-refractivity contribution in [2.45, 2.75) is 32.3 Å². The molecule has 0 saturated heterocycles. The van der Waals surface area contributed by atoms with Gasteiger partial charge in [-0.3, -0.25) is 4.79 Å². The van der Waals surface area contributed by atoms with Gasteiger partial charge in [0.05, 0.1) is 6.10 Å². The van der Waals surface area contributed by atoms with Crippen molar-refractivity contribution in [3.05, 3.63) is 47.0 Å². The van der Waals surface area contributed by atoms with E-state index in [0.29, 0.717) is 17.6 Å². The zero-order valence-electron chi connectivity index (χ0n) is 9.44. The van der Waals surface area contributed by atoms with E-state index in [1.54, 1.807) is 6.07 Å². The predicted molar refractivity (Wildman–Crippen MR) is 63.5 cm³/mol. The Morgan fingerprint density at radius 3 is 2.94 bits per heavy atom. The molecular formula is C14H16O2. The highest BCUT2D eigenvalue weighted by Crippen LogP contribution is 2.22. The summed E-state index contributed by atoms with van der Waals surface area (Å²) >= 11 is 0. The molecule has 1 aliphatic carbocycles. The molecule has 1 aliphatic rings. The number of aliphatic hydroxyl groups excluding tert-OH is 1. The first-order valence-corrected chi connectivity index (χ1v) is 5.68. The Kier molecular flexibility index (Phi) is 3.20. The van der Waals surface area contributed by atoms with Crippen LogP contribution in [0.4, 0.5) is 0 Å². The molecule has 0 aromatic heterocycles. The number of carbonyl (C=O) groups excluding carboxylic acids is 1. The van der Waals surface area contributed by atoms with Gasteiger partial charge in [0.25, 0.3) is 0 Å². The second-order valence-electron chi connectivity index (χ2n) is 4.30. The quantitative estimate of drug-likeness (QED) is 0.772. The second kappa shape index (κ2) is 4.62. The summed E-state index contributed by atoms with van der Waals surface area (Å²) in [4.78, 5) is 12.1. The van der Waals surface area contributed by atoms with E-state index in [1.807, 2.05) is 31.2 Å². The van der Waals surface area contributed by atoms with E-state index in [-0.39, 0.29) is 5.78 Å². The lowest BCUT2D eigenvalue weighted by atomic mass is 9.90. The fraction of sp³-hybridized carbons (Fsp3) is 0.357. The molecule has 1 aromatic rings. The van der Waals surface area contributed by atoms with Gasteiger partial charge in [-0.05, 0) is 32.3 Å². The molecule has 2 heteroatoms. The van der Waals surface area contributed by atoms with Crippen molar-refractivity contribution < 1.29 is 9.90 Å². The molecule has 0 radical (unpaired) electrons. The minimum absolute atomic E-state index is 0.0316. The molecule has 0 heterocycles. The summed E-state index contributed by atoms with van der Waals surface area (Å²) in [5.74, 6) is -0.0316. The Labute approximate surface area is 95.6 Å². The fourth-order valence-corrected chi connectivity index (χ4v) is 2.06. The van der Waals surface area contributed by atoms with Gasteiger partial charge in [0, 0.05) is 11.1 Å². The summed E-state index contributed by atoms with van der Waals surface area (Å²) in [6, 6.07) is 7.50. The van der Waals surface area contributed by atoms with Gasteiger partial charge < -0.3 is 5.11 Å². The van der Waals surface area contributed by atoms with Crippen molar-refractivity contribution in [2.75, 3.05) is 0 Å². The number of aryl methyl sites for hydroxylation is 1. The number of Topliss-reactive ketones (excluding diaryl/α,β-unsaturated/α-hetero) is 1. The number of hydrogen-bond acceptors (Lipinski definition) is 2. The molecule has 0 unspecified atom stereocenters. The van der Waals surface area contributed by atoms with Crippen LogP contribution in [0.15, 0.2) is 35.9 Å². The Morgan fingerprint density at radius 1 is 1.44 bits per heavy atom. The van der Waals surface area contributed by atoms with E-state index in [4.69, 9.17) is 0 Å². The van der Waals surface area contributed by atoms with Crippen LogP contribution in [0, 0.1) is 6.92 Å². The minimum Gasteiger partial charge on any atom is -0.388 e. The first-order valence-electron chi connectivity index (χ1n) is 5.68. The SMILES string of the molecule is Cc1cccc(C(=O)C2=CCCC[C@H]2O)c1. The van der Waals surface area contributed by atoms with Crippen molar-refractivity contribution in [3.8, 4) is 0 Å². The number of hydrogen-bond donors (Lipinski definition) is 1. The average Bonchev–Trinajstić information content (AvgIpc) is 2.29. The highest BCUT2D eigenvalue weighted by Gasteiger charge is 2.22. The minimum atomic E-state index is -0.582. The maximum atomic E-state index is 12.1. The third-order valence-corrected chi connectivity index (χ3v) is 2.95. The van der Waals surface area contributed by atoms with Gasteiger partial charge >= 0.3 is 0 Å². The zero-order chi connectivity index (χ0) is 11.5. The molecule has 0 saturated carbocycles. The van der Waals surface area contributed by atoms with Gasteiger partial charge in [-0.1, -0.05) is 29.8 Å². The Bertz CT molecular complexity index is 432. The van der Waals surface area contributed by atoms with Crippen molar-refractivity contribution in [3.63, 3.8) is 0 Å². The van der Waals surface area contributed by atoms with E-state index >= 15 is 0 Å². The van der Waals surface area contributed by atoms with Crippen molar-refractivity contribution in [1.29, 1.82) is 0 Å². The highest BCUT2D eigenvalue weighted by atomic mass is 16.3. The number of carbonyl (C=O) groups is 1. The lowest BCUT2D eigenvalue weighted by Crippen LogP contribution is -2.21. The summed E-state index contributed by atoms with van der Waals surface area (Å²) in [5.41, 5.74) is 2.31. The number of benzene rings is 1. The molecule has 2 nitrogen and oxygen atoms in total. The van der Waals surface area contributed by atoms with Crippen molar-refractivity contribution >= 4 is 5.78 Å². The largest absolute Gasteiger partial charge is 0.388 e. The molecule has 0 amide bonds. The third-order valence-electron chi connectivity index (χ3n) is 2.95. The van der Waals surface area contributed by atoms with Crippen LogP contribution in [-0.2, 0) is 0 Å². The van der Waals surface area contributed by atoms with Crippen LogP contribution in [-0.4, -0.2) is 17.0 Å². The fourth-order valence-electron chi connectivity index (χ4n) is 2.06. The topological polar surface area (TPSA) is 37.3 Å². The van der Waals surface area contributed by atoms with Crippen LogP contribution in [0.1, 0.15) is 35.2 Å². The van der Waals surface area contributed by atoms with Crippen LogP contribution in [0.5, 0.6) is 0 Å². The van der Waals surface area contributed by atoms with E-state index in [2.05, 4.69) is 0 Å². The standard InChI is InChI=1S/C14H16O2/c1-10-5-4-6-11(9-10)14(16)12-7-2-3-8-13(12)15/h4-7,9,13,15H,2-3,8H2,1H3/t13-/m1/s1. The van der Waals surface area contributed by atoms with Gasteiger partial charge in [0.2, 0.25) is 0 Å². The molecule has 84 valence electrons. The summed E-state index contributed by atoms with van der Waals surface area (Å²) in [6.45, 7) is 1.96. The molecule has 0 bridgehead atoms. The van der Waals surface area contributed by atoms with Crippen LogP contribution in [0.3, 0.4) is 0 Å². The van der Waals surface area contributed by atoms with Crippen molar-refractivity contribution in [1.82, 2.24) is 0 Å². The summed E-state index contributed by atoms with van der Waals surface area (Å²) in [7, 11) is 0. The first kappa shape index (κ1) is 11.1.